The molecule has 3 nitrogen and oxygen atoms in total. The Morgan fingerprint density at radius 1 is 1.23 bits per heavy atom. The van der Waals surface area contributed by atoms with Crippen LogP contribution in [0.5, 0.6) is 5.75 Å². The van der Waals surface area contributed by atoms with Gasteiger partial charge in [0.25, 0.3) is 0 Å². The van der Waals surface area contributed by atoms with Gasteiger partial charge in [0.15, 0.2) is 0 Å². The van der Waals surface area contributed by atoms with Gasteiger partial charge in [-0.3, -0.25) is 4.79 Å². The molecule has 0 fully saturated rings. The maximum atomic E-state index is 12.2. The predicted molar refractivity (Wildman–Crippen MR) is 94.3 cm³/mol. The van der Waals surface area contributed by atoms with Crippen LogP contribution in [-0.2, 0) is 11.3 Å². The van der Waals surface area contributed by atoms with E-state index in [1.807, 2.05) is 55.5 Å². The Morgan fingerprint density at radius 3 is 2.55 bits per heavy atom. The van der Waals surface area contributed by atoms with Crippen LogP contribution in [-0.4, -0.2) is 18.3 Å². The van der Waals surface area contributed by atoms with Crippen molar-refractivity contribution in [2.75, 3.05) is 7.11 Å². The second-order valence-corrected chi connectivity index (χ2v) is 6.99. The number of halogens is 1. The molecule has 5 heteroatoms. The summed E-state index contributed by atoms with van der Waals surface area (Å²) in [7, 11) is 1.64. The molecule has 2 aromatic carbocycles. The van der Waals surface area contributed by atoms with Gasteiger partial charge in [0.2, 0.25) is 5.91 Å². The van der Waals surface area contributed by atoms with Crippen LogP contribution in [0.4, 0.5) is 0 Å². The molecule has 0 radical (unpaired) electrons. The molecule has 0 aliphatic heterocycles. The normalized spacial score (nSPS) is 11.8. The molecule has 0 aliphatic carbocycles. The Morgan fingerprint density at radius 2 is 1.91 bits per heavy atom. The zero-order valence-electron chi connectivity index (χ0n) is 12.5. The van der Waals surface area contributed by atoms with Gasteiger partial charge in [-0.05, 0) is 52.7 Å². The van der Waals surface area contributed by atoms with E-state index >= 15 is 0 Å². The van der Waals surface area contributed by atoms with Crippen LogP contribution in [0.3, 0.4) is 0 Å². The van der Waals surface area contributed by atoms with Crippen LogP contribution in [0.15, 0.2) is 57.9 Å². The zero-order valence-corrected chi connectivity index (χ0v) is 14.9. The average molecular weight is 380 g/mol. The molecule has 116 valence electrons. The summed E-state index contributed by atoms with van der Waals surface area (Å²) in [6.07, 6.45) is 0. The number of carbonyl (C=O) groups is 1. The van der Waals surface area contributed by atoms with E-state index in [0.29, 0.717) is 6.54 Å². The van der Waals surface area contributed by atoms with Crippen LogP contribution in [0.1, 0.15) is 12.5 Å². The summed E-state index contributed by atoms with van der Waals surface area (Å²) < 4.78 is 6.12. The van der Waals surface area contributed by atoms with Gasteiger partial charge in [0.1, 0.15) is 5.75 Å². The lowest BCUT2D eigenvalue weighted by Gasteiger charge is -2.13. The third-order valence-corrected chi connectivity index (χ3v) is 5.27. The van der Waals surface area contributed by atoms with Crippen molar-refractivity contribution in [2.24, 2.45) is 0 Å². The second-order valence-electron chi connectivity index (χ2n) is 4.76. The lowest BCUT2D eigenvalue weighted by Crippen LogP contribution is -2.30. The number of ether oxygens (including phenoxy) is 1. The van der Waals surface area contributed by atoms with Gasteiger partial charge in [-0.1, -0.05) is 24.3 Å². The quantitative estimate of drug-likeness (QED) is 0.762. The zero-order chi connectivity index (χ0) is 15.9. The molecule has 1 amide bonds. The maximum absolute atomic E-state index is 12.2. The number of methoxy groups -OCH3 is 1. The van der Waals surface area contributed by atoms with E-state index in [1.165, 1.54) is 0 Å². The topological polar surface area (TPSA) is 38.3 Å². The van der Waals surface area contributed by atoms with Gasteiger partial charge < -0.3 is 10.1 Å². The van der Waals surface area contributed by atoms with Crippen molar-refractivity contribution in [1.29, 1.82) is 0 Å². The number of carbonyl (C=O) groups excluding carboxylic acids is 1. The molecule has 2 rings (SSSR count). The number of hydrogen-bond donors (Lipinski definition) is 1. The molecule has 0 saturated carbocycles. The van der Waals surface area contributed by atoms with Crippen molar-refractivity contribution < 1.29 is 9.53 Å². The number of rotatable bonds is 6. The third-order valence-electron chi connectivity index (χ3n) is 3.14. The van der Waals surface area contributed by atoms with E-state index in [1.54, 1.807) is 18.9 Å². The standard InChI is InChI=1S/C17H18BrNO2S/c1-12(22-16-6-4-3-5-15(16)18)17(20)19-11-13-7-9-14(21-2)10-8-13/h3-10,12H,11H2,1-2H3,(H,19,20). The minimum Gasteiger partial charge on any atom is -0.497 e. The van der Waals surface area contributed by atoms with Crippen molar-refractivity contribution in [1.82, 2.24) is 5.32 Å². The molecule has 0 aromatic heterocycles. The molecular weight excluding hydrogens is 362 g/mol. The van der Waals surface area contributed by atoms with Gasteiger partial charge >= 0.3 is 0 Å². The minimum absolute atomic E-state index is 0.0246. The Bertz CT molecular complexity index is 631. The van der Waals surface area contributed by atoms with Crippen molar-refractivity contribution in [3.63, 3.8) is 0 Å². The van der Waals surface area contributed by atoms with Crippen LogP contribution in [0.2, 0.25) is 0 Å². The summed E-state index contributed by atoms with van der Waals surface area (Å²) >= 11 is 5.04. The highest BCUT2D eigenvalue weighted by Gasteiger charge is 2.15. The van der Waals surface area contributed by atoms with Crippen LogP contribution in [0.25, 0.3) is 0 Å². The fraction of sp³-hybridized carbons (Fsp3) is 0.235. The lowest BCUT2D eigenvalue weighted by molar-refractivity contribution is -0.120. The lowest BCUT2D eigenvalue weighted by atomic mass is 10.2. The summed E-state index contributed by atoms with van der Waals surface area (Å²) in [6, 6.07) is 15.6. The molecule has 0 aliphatic rings. The molecule has 1 atom stereocenters. The van der Waals surface area contributed by atoms with Gasteiger partial charge in [-0.25, -0.2) is 0 Å². The third kappa shape index (κ3) is 4.78. The van der Waals surface area contributed by atoms with E-state index < -0.39 is 0 Å². The first-order valence-corrected chi connectivity index (χ1v) is 8.59. The molecule has 1 unspecified atom stereocenters. The molecule has 1 N–H and O–H groups in total. The monoisotopic (exact) mass is 379 g/mol. The SMILES string of the molecule is COc1ccc(CNC(=O)C(C)Sc2ccccc2Br)cc1. The van der Waals surface area contributed by atoms with Gasteiger partial charge in [-0.15, -0.1) is 11.8 Å². The van der Waals surface area contributed by atoms with Gasteiger partial charge in [0, 0.05) is 15.9 Å². The molecule has 0 bridgehead atoms. The smallest absolute Gasteiger partial charge is 0.233 e. The predicted octanol–water partition coefficient (Wildman–Crippen LogP) is 4.25. The van der Waals surface area contributed by atoms with E-state index in [0.717, 1.165) is 20.7 Å². The van der Waals surface area contributed by atoms with Gasteiger partial charge in [0.05, 0.1) is 12.4 Å². The van der Waals surface area contributed by atoms with E-state index in [2.05, 4.69) is 21.2 Å². The minimum atomic E-state index is -0.156. The summed E-state index contributed by atoms with van der Waals surface area (Å²) in [5.74, 6) is 0.837. The molecule has 0 heterocycles. The Balaban J connectivity index is 1.87. The highest BCUT2D eigenvalue weighted by molar-refractivity contribution is 9.10. The van der Waals surface area contributed by atoms with E-state index in [9.17, 15) is 4.79 Å². The summed E-state index contributed by atoms with van der Waals surface area (Å²) in [6.45, 7) is 2.43. The summed E-state index contributed by atoms with van der Waals surface area (Å²) in [5.41, 5.74) is 1.05. The van der Waals surface area contributed by atoms with Crippen molar-refractivity contribution in [2.45, 2.75) is 23.6 Å². The first kappa shape index (κ1) is 16.9. The number of benzene rings is 2. The fourth-order valence-electron chi connectivity index (χ4n) is 1.86. The molecule has 22 heavy (non-hydrogen) atoms. The number of nitrogens with one attached hydrogen (secondary N) is 1. The molecular formula is C17H18BrNO2S. The van der Waals surface area contributed by atoms with Crippen LogP contribution in [0, 0.1) is 0 Å². The largest absolute Gasteiger partial charge is 0.497 e. The Kier molecular flexibility index (Phi) is 6.34. The fourth-order valence-corrected chi connectivity index (χ4v) is 3.33. The first-order chi connectivity index (χ1) is 10.6. The Hall–Kier alpha value is -1.46. The van der Waals surface area contributed by atoms with E-state index in [-0.39, 0.29) is 11.2 Å². The van der Waals surface area contributed by atoms with Crippen LogP contribution >= 0.6 is 27.7 Å². The maximum Gasteiger partial charge on any atom is 0.233 e. The first-order valence-electron chi connectivity index (χ1n) is 6.92. The number of thioether (sulfide) groups is 1. The molecule has 0 spiro atoms. The number of amides is 1. The average Bonchev–Trinajstić information content (AvgIpc) is 2.55. The summed E-state index contributed by atoms with van der Waals surface area (Å²) in [5, 5.41) is 2.80. The van der Waals surface area contributed by atoms with Crippen LogP contribution < -0.4 is 10.1 Å². The van der Waals surface area contributed by atoms with Gasteiger partial charge in [-0.2, -0.15) is 0 Å². The highest BCUT2D eigenvalue weighted by Crippen LogP contribution is 2.30. The van der Waals surface area contributed by atoms with Crippen molar-refractivity contribution in [3.05, 3.63) is 58.6 Å². The highest BCUT2D eigenvalue weighted by atomic mass is 79.9. The second kappa shape index (κ2) is 8.25. The van der Waals surface area contributed by atoms with Crippen molar-refractivity contribution in [3.8, 4) is 5.75 Å². The van der Waals surface area contributed by atoms with E-state index in [4.69, 9.17) is 4.74 Å². The summed E-state index contributed by atoms with van der Waals surface area (Å²) in [4.78, 5) is 13.2. The molecule has 0 saturated heterocycles. The number of hydrogen-bond acceptors (Lipinski definition) is 3. The Labute approximate surface area is 143 Å². The van der Waals surface area contributed by atoms with Crippen molar-refractivity contribution >= 4 is 33.6 Å². The molecule has 2 aromatic rings.